The molecule has 0 bridgehead atoms. The molecule has 0 amide bonds. The van der Waals surface area contributed by atoms with Gasteiger partial charge in [0.25, 0.3) is 0 Å². The summed E-state index contributed by atoms with van der Waals surface area (Å²) < 4.78 is 0. The number of rotatable bonds is 2. The van der Waals surface area contributed by atoms with Crippen molar-refractivity contribution in [2.75, 3.05) is 6.54 Å². The molecule has 15 heavy (non-hydrogen) atoms. The molecule has 2 heterocycles. The van der Waals surface area contributed by atoms with E-state index >= 15 is 0 Å². The highest BCUT2D eigenvalue weighted by molar-refractivity contribution is 5.22. The van der Waals surface area contributed by atoms with Gasteiger partial charge in [0.1, 0.15) is 0 Å². The maximum Gasteiger partial charge on any atom is 0.0900 e. The molecule has 0 unspecified atom stereocenters. The van der Waals surface area contributed by atoms with E-state index in [1.165, 1.54) is 49.8 Å². The van der Waals surface area contributed by atoms with Crippen LogP contribution in [0.3, 0.4) is 0 Å². The summed E-state index contributed by atoms with van der Waals surface area (Å²) in [6.45, 7) is 3.48. The summed E-state index contributed by atoms with van der Waals surface area (Å²) in [4.78, 5) is 4.15. The van der Waals surface area contributed by atoms with Gasteiger partial charge in [-0.25, -0.2) is 0 Å². The monoisotopic (exact) mass is 205 g/mol. The fourth-order valence-corrected chi connectivity index (χ4v) is 2.40. The van der Waals surface area contributed by atoms with E-state index < -0.39 is 0 Å². The highest BCUT2D eigenvalue weighted by Crippen LogP contribution is 2.11. The fraction of sp³-hybridized carbons (Fsp3) is 0.615. The molecular weight excluding hydrogens is 184 g/mol. The molecule has 2 rings (SSSR count). The average Bonchev–Trinajstić information content (AvgIpc) is 2.50. The zero-order valence-corrected chi connectivity index (χ0v) is 9.58. The number of hydrogen-bond donors (Lipinski definition) is 1. The van der Waals surface area contributed by atoms with Crippen molar-refractivity contribution < 1.29 is 5.32 Å². The lowest BCUT2D eigenvalue weighted by atomic mass is 10.00. The maximum atomic E-state index is 4.15. The first-order chi connectivity index (χ1) is 7.36. The van der Waals surface area contributed by atoms with Crippen molar-refractivity contribution in [2.45, 2.75) is 45.1 Å². The molecule has 0 aromatic carbocycles. The smallest absolute Gasteiger partial charge is 0.0900 e. The highest BCUT2D eigenvalue weighted by Gasteiger charge is 2.15. The predicted octanol–water partition coefficient (Wildman–Crippen LogP) is 1.44. The molecule has 2 heteroatoms. The van der Waals surface area contributed by atoms with E-state index in [2.05, 4.69) is 23.3 Å². The van der Waals surface area contributed by atoms with Gasteiger partial charge in [0, 0.05) is 18.8 Å². The molecule has 0 saturated carbocycles. The van der Waals surface area contributed by atoms with Gasteiger partial charge in [-0.1, -0.05) is 0 Å². The SMILES string of the molecule is Cc1cnccc1C[C@@H]1CCCCC[NH2+]1. The maximum absolute atomic E-state index is 4.15. The van der Waals surface area contributed by atoms with E-state index in [9.17, 15) is 0 Å². The Bertz CT molecular complexity index is 301. The van der Waals surface area contributed by atoms with Crippen molar-refractivity contribution in [3.05, 3.63) is 29.6 Å². The molecule has 1 fully saturated rings. The van der Waals surface area contributed by atoms with Gasteiger partial charge in [0.05, 0.1) is 12.6 Å². The molecule has 1 atom stereocenters. The quantitative estimate of drug-likeness (QED) is 0.778. The van der Waals surface area contributed by atoms with Crippen molar-refractivity contribution >= 4 is 0 Å². The number of nitrogens with zero attached hydrogens (tertiary/aromatic N) is 1. The van der Waals surface area contributed by atoms with Crippen molar-refractivity contribution in [3.8, 4) is 0 Å². The first-order valence-electron chi connectivity index (χ1n) is 6.09. The molecule has 0 radical (unpaired) electrons. The van der Waals surface area contributed by atoms with Crippen LogP contribution in [0, 0.1) is 6.92 Å². The Morgan fingerprint density at radius 3 is 3.20 bits per heavy atom. The summed E-state index contributed by atoms with van der Waals surface area (Å²) in [7, 11) is 0. The molecule has 2 nitrogen and oxygen atoms in total. The van der Waals surface area contributed by atoms with Crippen LogP contribution >= 0.6 is 0 Å². The van der Waals surface area contributed by atoms with Crippen LogP contribution in [-0.4, -0.2) is 17.6 Å². The third-order valence-electron chi connectivity index (χ3n) is 3.40. The summed E-state index contributed by atoms with van der Waals surface area (Å²) >= 11 is 0. The van der Waals surface area contributed by atoms with E-state index in [1.54, 1.807) is 0 Å². The Hall–Kier alpha value is -0.890. The Kier molecular flexibility index (Phi) is 3.73. The topological polar surface area (TPSA) is 29.5 Å². The first-order valence-corrected chi connectivity index (χ1v) is 6.09. The molecule has 1 saturated heterocycles. The summed E-state index contributed by atoms with van der Waals surface area (Å²) in [5, 5.41) is 2.53. The van der Waals surface area contributed by atoms with Gasteiger partial charge in [-0.2, -0.15) is 0 Å². The third kappa shape index (κ3) is 3.03. The zero-order chi connectivity index (χ0) is 10.5. The standard InChI is InChI=1S/C13H20N2/c1-11-10-14-8-6-12(11)9-13-5-3-2-4-7-15-13/h6,8,10,13,15H,2-5,7,9H2,1H3/p+1/t13-/m0/s1. The minimum atomic E-state index is 0.800. The summed E-state index contributed by atoms with van der Waals surface area (Å²) in [6.07, 6.45) is 10.7. The molecule has 0 spiro atoms. The van der Waals surface area contributed by atoms with Crippen LogP contribution in [0.1, 0.15) is 36.8 Å². The number of hydrogen-bond acceptors (Lipinski definition) is 1. The number of aromatic nitrogens is 1. The van der Waals surface area contributed by atoms with Crippen LogP contribution in [0.2, 0.25) is 0 Å². The predicted molar refractivity (Wildman–Crippen MR) is 61.7 cm³/mol. The highest BCUT2D eigenvalue weighted by atomic mass is 14.9. The van der Waals surface area contributed by atoms with E-state index in [1.807, 2.05) is 12.4 Å². The normalized spacial score (nSPS) is 22.3. The number of pyridine rings is 1. The van der Waals surface area contributed by atoms with Crippen molar-refractivity contribution in [2.24, 2.45) is 0 Å². The number of nitrogens with two attached hydrogens (primary N) is 1. The Balaban J connectivity index is 1.98. The third-order valence-corrected chi connectivity index (χ3v) is 3.40. The Morgan fingerprint density at radius 1 is 1.40 bits per heavy atom. The van der Waals surface area contributed by atoms with Crippen LogP contribution in [0.5, 0.6) is 0 Å². The molecular formula is C13H21N2+. The molecule has 1 aromatic rings. The second-order valence-electron chi connectivity index (χ2n) is 4.64. The van der Waals surface area contributed by atoms with Crippen molar-refractivity contribution in [1.29, 1.82) is 0 Å². The molecule has 1 aliphatic rings. The minimum Gasteiger partial charge on any atom is -0.344 e. The van der Waals surface area contributed by atoms with E-state index in [0.717, 1.165) is 6.04 Å². The summed E-state index contributed by atoms with van der Waals surface area (Å²) in [5.41, 5.74) is 2.82. The van der Waals surface area contributed by atoms with Crippen LogP contribution in [-0.2, 0) is 6.42 Å². The van der Waals surface area contributed by atoms with Crippen LogP contribution < -0.4 is 5.32 Å². The molecule has 1 aromatic heterocycles. The second-order valence-corrected chi connectivity index (χ2v) is 4.64. The van der Waals surface area contributed by atoms with Crippen molar-refractivity contribution in [1.82, 2.24) is 4.98 Å². The van der Waals surface area contributed by atoms with E-state index in [4.69, 9.17) is 0 Å². The van der Waals surface area contributed by atoms with Gasteiger partial charge in [-0.15, -0.1) is 0 Å². The largest absolute Gasteiger partial charge is 0.344 e. The zero-order valence-electron chi connectivity index (χ0n) is 9.58. The molecule has 0 aliphatic carbocycles. The summed E-state index contributed by atoms with van der Waals surface area (Å²) in [6, 6.07) is 2.97. The fourth-order valence-electron chi connectivity index (χ4n) is 2.40. The number of quaternary nitrogens is 1. The van der Waals surface area contributed by atoms with Gasteiger partial charge in [-0.3, -0.25) is 4.98 Å². The van der Waals surface area contributed by atoms with Gasteiger partial charge in [0.15, 0.2) is 0 Å². The van der Waals surface area contributed by atoms with Crippen LogP contribution in [0.4, 0.5) is 0 Å². The van der Waals surface area contributed by atoms with Gasteiger partial charge < -0.3 is 5.32 Å². The minimum absolute atomic E-state index is 0.800. The summed E-state index contributed by atoms with van der Waals surface area (Å²) in [5.74, 6) is 0. The Morgan fingerprint density at radius 2 is 2.33 bits per heavy atom. The van der Waals surface area contributed by atoms with Gasteiger partial charge in [0.2, 0.25) is 0 Å². The second kappa shape index (κ2) is 5.26. The Labute approximate surface area is 92.1 Å². The van der Waals surface area contributed by atoms with Gasteiger partial charge in [-0.05, 0) is 49.8 Å². The number of aryl methyl sites for hydroxylation is 1. The lowest BCUT2D eigenvalue weighted by molar-refractivity contribution is -0.687. The lowest BCUT2D eigenvalue weighted by Gasteiger charge is -2.13. The molecule has 82 valence electrons. The van der Waals surface area contributed by atoms with E-state index in [-0.39, 0.29) is 0 Å². The molecule has 1 aliphatic heterocycles. The van der Waals surface area contributed by atoms with Crippen LogP contribution in [0.25, 0.3) is 0 Å². The van der Waals surface area contributed by atoms with E-state index in [0.29, 0.717) is 0 Å². The van der Waals surface area contributed by atoms with Crippen LogP contribution in [0.15, 0.2) is 18.5 Å². The first kappa shape index (κ1) is 10.6. The molecule has 2 N–H and O–H groups in total. The lowest BCUT2D eigenvalue weighted by Crippen LogP contribution is -2.90. The average molecular weight is 205 g/mol. The van der Waals surface area contributed by atoms with Crippen molar-refractivity contribution in [3.63, 3.8) is 0 Å². The van der Waals surface area contributed by atoms with Gasteiger partial charge >= 0.3 is 0 Å².